The van der Waals surface area contributed by atoms with Crippen molar-refractivity contribution in [1.82, 2.24) is 15.1 Å². The summed E-state index contributed by atoms with van der Waals surface area (Å²) in [6, 6.07) is 0.446. The molecule has 15 heavy (non-hydrogen) atoms. The van der Waals surface area contributed by atoms with E-state index in [1.54, 1.807) is 10.9 Å². The van der Waals surface area contributed by atoms with Crippen LogP contribution in [-0.4, -0.2) is 38.7 Å². The first-order chi connectivity index (χ1) is 7.28. The first-order valence-corrected chi connectivity index (χ1v) is 5.31. The molecule has 1 saturated carbocycles. The molecule has 1 aromatic heterocycles. The third-order valence-corrected chi connectivity index (χ3v) is 2.72. The second kappa shape index (κ2) is 4.74. The van der Waals surface area contributed by atoms with Gasteiger partial charge in [-0.25, -0.2) is 0 Å². The van der Waals surface area contributed by atoms with Gasteiger partial charge in [-0.3, -0.25) is 4.68 Å². The number of aliphatic hydroxyl groups excluding tert-OH is 2. The lowest BCUT2D eigenvalue weighted by Gasteiger charge is -2.32. The Bertz CT molecular complexity index is 307. The minimum Gasteiger partial charge on any atom is -0.394 e. The van der Waals surface area contributed by atoms with Gasteiger partial charge in [0.15, 0.2) is 0 Å². The monoisotopic (exact) mass is 211 g/mol. The van der Waals surface area contributed by atoms with Gasteiger partial charge < -0.3 is 15.5 Å². The van der Waals surface area contributed by atoms with Gasteiger partial charge in [0.05, 0.1) is 25.5 Å². The summed E-state index contributed by atoms with van der Waals surface area (Å²) in [6.45, 7) is 1.44. The molecule has 5 nitrogen and oxygen atoms in total. The Morgan fingerprint density at radius 3 is 3.00 bits per heavy atom. The van der Waals surface area contributed by atoms with E-state index in [4.69, 9.17) is 10.2 Å². The maximum Gasteiger partial charge on any atom is 0.0640 e. The molecule has 2 rings (SSSR count). The zero-order valence-electron chi connectivity index (χ0n) is 8.63. The fourth-order valence-electron chi connectivity index (χ4n) is 1.74. The first-order valence-electron chi connectivity index (χ1n) is 5.31. The number of aliphatic hydroxyl groups is 2. The summed E-state index contributed by atoms with van der Waals surface area (Å²) < 4.78 is 1.73. The fourth-order valence-corrected chi connectivity index (χ4v) is 1.74. The van der Waals surface area contributed by atoms with E-state index < -0.39 is 0 Å². The number of hydrogen-bond acceptors (Lipinski definition) is 4. The zero-order valence-corrected chi connectivity index (χ0v) is 8.63. The molecule has 0 bridgehead atoms. The van der Waals surface area contributed by atoms with Crippen molar-refractivity contribution in [3.63, 3.8) is 0 Å². The third kappa shape index (κ3) is 2.77. The number of nitrogens with one attached hydrogen (secondary N) is 1. The minimum absolute atomic E-state index is 0.111. The Morgan fingerprint density at radius 1 is 1.53 bits per heavy atom. The van der Waals surface area contributed by atoms with Crippen molar-refractivity contribution in [1.29, 1.82) is 0 Å². The minimum atomic E-state index is -0.111. The van der Waals surface area contributed by atoms with Gasteiger partial charge in [0.1, 0.15) is 0 Å². The topological polar surface area (TPSA) is 70.3 Å². The lowest BCUT2D eigenvalue weighted by molar-refractivity contribution is 0.0619. The van der Waals surface area contributed by atoms with Crippen LogP contribution < -0.4 is 5.32 Å². The second-order valence-electron chi connectivity index (χ2n) is 4.04. The van der Waals surface area contributed by atoms with Crippen LogP contribution in [-0.2, 0) is 13.1 Å². The predicted molar refractivity (Wildman–Crippen MR) is 55.2 cm³/mol. The lowest BCUT2D eigenvalue weighted by Crippen LogP contribution is -2.43. The van der Waals surface area contributed by atoms with E-state index in [2.05, 4.69) is 10.4 Å². The third-order valence-electron chi connectivity index (χ3n) is 2.72. The SMILES string of the molecule is OCCn1cc(CNC2CC(O)C2)cn1. The molecule has 0 amide bonds. The molecule has 1 aliphatic rings. The van der Waals surface area contributed by atoms with Gasteiger partial charge >= 0.3 is 0 Å². The highest BCUT2D eigenvalue weighted by molar-refractivity contribution is 5.04. The number of rotatable bonds is 5. The molecule has 3 N–H and O–H groups in total. The van der Waals surface area contributed by atoms with E-state index >= 15 is 0 Å². The van der Waals surface area contributed by atoms with Crippen LogP contribution in [0.1, 0.15) is 18.4 Å². The standard InChI is InChI=1S/C10H17N3O2/c14-2-1-13-7-8(6-12-13)5-11-9-3-10(15)4-9/h6-7,9-11,14-15H,1-5H2. The molecule has 5 heteroatoms. The van der Waals surface area contributed by atoms with Gasteiger partial charge in [0, 0.05) is 24.3 Å². The fraction of sp³-hybridized carbons (Fsp3) is 0.700. The van der Waals surface area contributed by atoms with E-state index in [0.717, 1.165) is 24.9 Å². The molecule has 0 saturated heterocycles. The highest BCUT2D eigenvalue weighted by atomic mass is 16.3. The van der Waals surface area contributed by atoms with E-state index in [1.165, 1.54) is 0 Å². The van der Waals surface area contributed by atoms with E-state index in [9.17, 15) is 0 Å². The van der Waals surface area contributed by atoms with Crippen molar-refractivity contribution in [2.75, 3.05) is 6.61 Å². The van der Waals surface area contributed by atoms with Crippen molar-refractivity contribution in [2.24, 2.45) is 0 Å². The number of hydrogen-bond donors (Lipinski definition) is 3. The largest absolute Gasteiger partial charge is 0.394 e. The summed E-state index contributed by atoms with van der Waals surface area (Å²) in [7, 11) is 0. The molecular weight excluding hydrogens is 194 g/mol. The average molecular weight is 211 g/mol. The van der Waals surface area contributed by atoms with Gasteiger partial charge in [-0.1, -0.05) is 0 Å². The van der Waals surface area contributed by atoms with Crippen molar-refractivity contribution in [3.8, 4) is 0 Å². The van der Waals surface area contributed by atoms with Crippen LogP contribution in [0.4, 0.5) is 0 Å². The van der Waals surface area contributed by atoms with Crippen LogP contribution in [0.3, 0.4) is 0 Å². The highest BCUT2D eigenvalue weighted by Crippen LogP contribution is 2.19. The highest BCUT2D eigenvalue weighted by Gasteiger charge is 2.26. The summed E-state index contributed by atoms with van der Waals surface area (Å²) in [6.07, 6.45) is 5.32. The van der Waals surface area contributed by atoms with Crippen LogP contribution in [0.5, 0.6) is 0 Å². The molecule has 84 valence electrons. The average Bonchev–Trinajstić information content (AvgIpc) is 2.59. The molecular formula is C10H17N3O2. The molecule has 1 aromatic rings. The summed E-state index contributed by atoms with van der Waals surface area (Å²) in [5.41, 5.74) is 1.12. The van der Waals surface area contributed by atoms with E-state index in [-0.39, 0.29) is 12.7 Å². The predicted octanol–water partition coefficient (Wildman–Crippen LogP) is -0.512. The van der Waals surface area contributed by atoms with Crippen LogP contribution in [0.25, 0.3) is 0 Å². The van der Waals surface area contributed by atoms with E-state index in [0.29, 0.717) is 12.6 Å². The normalized spacial score (nSPS) is 25.2. The van der Waals surface area contributed by atoms with Crippen molar-refractivity contribution >= 4 is 0 Å². The molecule has 1 aliphatic carbocycles. The zero-order chi connectivity index (χ0) is 10.7. The molecule has 0 unspecified atom stereocenters. The van der Waals surface area contributed by atoms with Crippen molar-refractivity contribution in [3.05, 3.63) is 18.0 Å². The van der Waals surface area contributed by atoms with Gasteiger partial charge in [-0.2, -0.15) is 5.10 Å². The Morgan fingerprint density at radius 2 is 2.33 bits per heavy atom. The van der Waals surface area contributed by atoms with Crippen molar-refractivity contribution in [2.45, 2.75) is 38.1 Å². The van der Waals surface area contributed by atoms with Gasteiger partial charge in [-0.05, 0) is 12.8 Å². The molecule has 0 radical (unpaired) electrons. The molecule has 1 fully saturated rings. The smallest absolute Gasteiger partial charge is 0.0640 e. The maximum absolute atomic E-state index is 9.11. The Labute approximate surface area is 88.7 Å². The van der Waals surface area contributed by atoms with Crippen LogP contribution in [0.2, 0.25) is 0 Å². The van der Waals surface area contributed by atoms with Crippen molar-refractivity contribution < 1.29 is 10.2 Å². The van der Waals surface area contributed by atoms with Gasteiger partial charge in [0.25, 0.3) is 0 Å². The van der Waals surface area contributed by atoms with Crippen LogP contribution >= 0.6 is 0 Å². The summed E-state index contributed by atoms with van der Waals surface area (Å²) in [5.74, 6) is 0. The summed E-state index contributed by atoms with van der Waals surface area (Å²) >= 11 is 0. The van der Waals surface area contributed by atoms with E-state index in [1.807, 2.05) is 6.20 Å². The molecule has 0 aliphatic heterocycles. The molecule has 0 spiro atoms. The van der Waals surface area contributed by atoms with Gasteiger partial charge in [-0.15, -0.1) is 0 Å². The Kier molecular flexibility index (Phi) is 3.35. The first kappa shape index (κ1) is 10.6. The quantitative estimate of drug-likeness (QED) is 0.613. The summed E-state index contributed by atoms with van der Waals surface area (Å²) in [5, 5.41) is 25.3. The molecule has 0 aromatic carbocycles. The molecule has 1 heterocycles. The molecule has 0 atom stereocenters. The van der Waals surface area contributed by atoms with Gasteiger partial charge in [0.2, 0.25) is 0 Å². The van der Waals surface area contributed by atoms with Crippen LogP contribution in [0.15, 0.2) is 12.4 Å². The maximum atomic E-state index is 9.11. The Balaban J connectivity index is 1.73. The van der Waals surface area contributed by atoms with Crippen LogP contribution in [0, 0.1) is 0 Å². The number of aromatic nitrogens is 2. The Hall–Kier alpha value is -0.910. The second-order valence-corrected chi connectivity index (χ2v) is 4.04. The summed E-state index contributed by atoms with van der Waals surface area (Å²) in [4.78, 5) is 0. The number of nitrogens with zero attached hydrogens (tertiary/aromatic N) is 2. The lowest BCUT2D eigenvalue weighted by atomic mass is 9.89.